The summed E-state index contributed by atoms with van der Waals surface area (Å²) in [5.74, 6) is 4.76. The van der Waals surface area contributed by atoms with E-state index in [4.69, 9.17) is 0 Å². The van der Waals surface area contributed by atoms with Crippen LogP contribution in [0.4, 0.5) is 17.6 Å². The van der Waals surface area contributed by atoms with Crippen molar-refractivity contribution in [3.05, 3.63) is 29.6 Å². The van der Waals surface area contributed by atoms with Gasteiger partial charge in [-0.2, -0.15) is 13.2 Å². The van der Waals surface area contributed by atoms with Crippen LogP contribution in [0.3, 0.4) is 0 Å². The third kappa shape index (κ3) is 5.46. The predicted octanol–water partition coefficient (Wildman–Crippen LogP) is 4.98. The summed E-state index contributed by atoms with van der Waals surface area (Å²) in [7, 11) is 0. The zero-order valence-corrected chi connectivity index (χ0v) is 10.6. The van der Waals surface area contributed by atoms with Gasteiger partial charge >= 0.3 is 5.51 Å². The van der Waals surface area contributed by atoms with Crippen LogP contribution in [0.5, 0.6) is 0 Å². The van der Waals surface area contributed by atoms with Gasteiger partial charge in [-0.05, 0) is 36.4 Å². The lowest BCUT2D eigenvalue weighted by atomic mass is 10.2. The lowest BCUT2D eigenvalue weighted by molar-refractivity contribution is -0.0328. The molecule has 0 aliphatic heterocycles. The predicted molar refractivity (Wildman–Crippen MR) is 64.7 cm³/mol. The van der Waals surface area contributed by atoms with Crippen molar-refractivity contribution in [1.29, 1.82) is 0 Å². The third-order valence-electron chi connectivity index (χ3n) is 2.05. The fraction of sp³-hybridized carbons (Fsp3) is 0.385. The average molecular weight is 276 g/mol. The molecule has 0 unspecified atom stereocenters. The summed E-state index contributed by atoms with van der Waals surface area (Å²) in [6.07, 6.45) is 2.50. The van der Waals surface area contributed by atoms with Gasteiger partial charge in [0.2, 0.25) is 0 Å². The fourth-order valence-electron chi connectivity index (χ4n) is 1.23. The van der Waals surface area contributed by atoms with Gasteiger partial charge in [-0.3, -0.25) is 0 Å². The maximum atomic E-state index is 12.9. The van der Waals surface area contributed by atoms with Gasteiger partial charge in [-0.15, -0.1) is 0 Å². The van der Waals surface area contributed by atoms with Gasteiger partial charge in [0.1, 0.15) is 5.82 Å². The summed E-state index contributed by atoms with van der Waals surface area (Å²) < 4.78 is 49.8. The van der Waals surface area contributed by atoms with E-state index in [0.29, 0.717) is 6.42 Å². The molecule has 0 aromatic heterocycles. The first-order valence-electron chi connectivity index (χ1n) is 5.46. The van der Waals surface area contributed by atoms with E-state index in [1.165, 1.54) is 6.07 Å². The number of halogens is 4. The fourth-order valence-corrected chi connectivity index (χ4v) is 1.88. The van der Waals surface area contributed by atoms with E-state index in [1.807, 2.05) is 6.92 Å². The molecule has 18 heavy (non-hydrogen) atoms. The van der Waals surface area contributed by atoms with E-state index in [9.17, 15) is 17.6 Å². The second-order valence-corrected chi connectivity index (χ2v) is 4.70. The molecule has 0 radical (unpaired) electrons. The lowest BCUT2D eigenvalue weighted by Crippen LogP contribution is -2.00. The summed E-state index contributed by atoms with van der Waals surface area (Å²) in [5.41, 5.74) is -4.22. The Hall–Kier alpha value is -1.15. The standard InChI is InChI=1S/C13H12F4S/c1-2-3-4-5-6-10-7-8-11(14)9-12(10)18-13(15,16)17/h7-9H,2-4H2,1H3. The molecular formula is C13H12F4S. The molecule has 0 spiro atoms. The van der Waals surface area contributed by atoms with E-state index >= 15 is 0 Å². The first kappa shape index (κ1) is 14.9. The maximum Gasteiger partial charge on any atom is 0.446 e. The van der Waals surface area contributed by atoms with Gasteiger partial charge < -0.3 is 0 Å². The molecule has 0 amide bonds. The third-order valence-corrected chi connectivity index (χ3v) is 2.84. The minimum absolute atomic E-state index is 0.188. The molecule has 0 saturated heterocycles. The highest BCUT2D eigenvalue weighted by atomic mass is 32.2. The molecule has 0 fully saturated rings. The van der Waals surface area contributed by atoms with Crippen LogP contribution in [0.25, 0.3) is 0 Å². The summed E-state index contributed by atoms with van der Waals surface area (Å²) in [6.45, 7) is 2.00. The van der Waals surface area contributed by atoms with Gasteiger partial charge in [-0.1, -0.05) is 25.2 Å². The van der Waals surface area contributed by atoms with Gasteiger partial charge in [0, 0.05) is 16.9 Å². The highest BCUT2D eigenvalue weighted by Crippen LogP contribution is 2.38. The van der Waals surface area contributed by atoms with Gasteiger partial charge in [-0.25, -0.2) is 4.39 Å². The van der Waals surface area contributed by atoms with Crippen LogP contribution in [0, 0.1) is 17.7 Å². The Morgan fingerprint density at radius 3 is 2.61 bits per heavy atom. The van der Waals surface area contributed by atoms with Crippen molar-refractivity contribution < 1.29 is 17.6 Å². The topological polar surface area (TPSA) is 0 Å². The van der Waals surface area contributed by atoms with Gasteiger partial charge in [0.25, 0.3) is 0 Å². The molecule has 1 rings (SSSR count). The Labute approximate surface area is 108 Å². The molecule has 1 aromatic carbocycles. The summed E-state index contributed by atoms with van der Waals surface area (Å²) >= 11 is -0.337. The quantitative estimate of drug-likeness (QED) is 0.325. The summed E-state index contributed by atoms with van der Waals surface area (Å²) in [5, 5.41) is 0. The van der Waals surface area contributed by atoms with E-state index < -0.39 is 11.3 Å². The van der Waals surface area contributed by atoms with Crippen LogP contribution in [-0.2, 0) is 0 Å². The number of hydrogen-bond acceptors (Lipinski definition) is 1. The molecule has 0 saturated carbocycles. The summed E-state index contributed by atoms with van der Waals surface area (Å²) in [6, 6.07) is 3.26. The van der Waals surface area contributed by atoms with Crippen LogP contribution < -0.4 is 0 Å². The minimum atomic E-state index is -4.44. The Morgan fingerprint density at radius 2 is 2.00 bits per heavy atom. The van der Waals surface area contributed by atoms with Crippen LogP contribution in [0.15, 0.2) is 23.1 Å². The smallest absolute Gasteiger partial charge is 0.207 e. The van der Waals surface area contributed by atoms with Crippen LogP contribution in [-0.4, -0.2) is 5.51 Å². The average Bonchev–Trinajstić information content (AvgIpc) is 2.24. The second kappa shape index (κ2) is 6.69. The normalized spacial score (nSPS) is 10.9. The molecule has 1 aromatic rings. The minimum Gasteiger partial charge on any atom is -0.207 e. The largest absolute Gasteiger partial charge is 0.446 e. The van der Waals surface area contributed by atoms with Crippen molar-refractivity contribution in [2.75, 3.05) is 0 Å². The van der Waals surface area contributed by atoms with E-state index in [1.54, 1.807) is 0 Å². The SMILES string of the molecule is CCCCC#Cc1ccc(F)cc1SC(F)(F)F. The number of alkyl halides is 3. The van der Waals surface area contributed by atoms with Crippen molar-refractivity contribution >= 4 is 11.8 Å². The van der Waals surface area contributed by atoms with Crippen LogP contribution in [0.1, 0.15) is 31.7 Å². The van der Waals surface area contributed by atoms with Crippen molar-refractivity contribution in [3.63, 3.8) is 0 Å². The zero-order chi connectivity index (χ0) is 13.6. The maximum absolute atomic E-state index is 12.9. The molecule has 0 nitrogen and oxygen atoms in total. The van der Waals surface area contributed by atoms with Crippen molar-refractivity contribution in [3.8, 4) is 11.8 Å². The Balaban J connectivity index is 2.92. The monoisotopic (exact) mass is 276 g/mol. The number of rotatable bonds is 3. The molecular weight excluding hydrogens is 264 g/mol. The van der Waals surface area contributed by atoms with Crippen molar-refractivity contribution in [2.45, 2.75) is 36.6 Å². The molecule has 5 heteroatoms. The number of thioether (sulfide) groups is 1. The molecule has 0 bridgehead atoms. The molecule has 0 atom stereocenters. The molecule has 0 heterocycles. The highest BCUT2D eigenvalue weighted by Gasteiger charge is 2.30. The Kier molecular flexibility index (Phi) is 5.54. The molecule has 0 aliphatic carbocycles. The second-order valence-electron chi connectivity index (χ2n) is 3.59. The van der Waals surface area contributed by atoms with Crippen LogP contribution >= 0.6 is 11.8 Å². The Morgan fingerprint density at radius 1 is 1.28 bits per heavy atom. The number of benzene rings is 1. The lowest BCUT2D eigenvalue weighted by Gasteiger charge is -2.07. The van der Waals surface area contributed by atoms with Crippen molar-refractivity contribution in [1.82, 2.24) is 0 Å². The molecule has 98 valence electrons. The molecule has 0 N–H and O–H groups in total. The van der Waals surface area contributed by atoms with E-state index in [-0.39, 0.29) is 22.2 Å². The van der Waals surface area contributed by atoms with Gasteiger partial charge in [0.15, 0.2) is 0 Å². The molecule has 0 aliphatic rings. The Bertz CT molecular complexity index is 454. The summed E-state index contributed by atoms with van der Waals surface area (Å²) in [4.78, 5) is -0.188. The zero-order valence-electron chi connectivity index (χ0n) is 9.77. The van der Waals surface area contributed by atoms with Crippen LogP contribution in [0.2, 0.25) is 0 Å². The van der Waals surface area contributed by atoms with E-state index in [0.717, 1.165) is 25.0 Å². The highest BCUT2D eigenvalue weighted by molar-refractivity contribution is 8.00. The van der Waals surface area contributed by atoms with Gasteiger partial charge in [0.05, 0.1) is 0 Å². The number of unbranched alkanes of at least 4 members (excludes halogenated alkanes) is 2. The van der Waals surface area contributed by atoms with E-state index in [2.05, 4.69) is 11.8 Å². The first-order chi connectivity index (χ1) is 8.42. The van der Waals surface area contributed by atoms with Crippen molar-refractivity contribution in [2.24, 2.45) is 0 Å². The number of hydrogen-bond donors (Lipinski definition) is 0. The first-order valence-corrected chi connectivity index (χ1v) is 6.28.